The lowest BCUT2D eigenvalue weighted by atomic mass is 10.0. The van der Waals surface area contributed by atoms with Gasteiger partial charge in [0.1, 0.15) is 12.1 Å². The van der Waals surface area contributed by atoms with Crippen molar-refractivity contribution in [3.05, 3.63) is 83.1 Å². The number of carbonyl (C=O) groups excluding carboxylic acids is 2. The molecule has 1 N–H and O–H groups in total. The Labute approximate surface area is 189 Å². The van der Waals surface area contributed by atoms with E-state index in [0.717, 1.165) is 0 Å². The topological polar surface area (TPSA) is 90.4 Å². The Morgan fingerprint density at radius 3 is 2.44 bits per heavy atom. The molecule has 0 atom stereocenters. The van der Waals surface area contributed by atoms with Crippen LogP contribution in [0.25, 0.3) is 10.9 Å². The summed E-state index contributed by atoms with van der Waals surface area (Å²) in [6.07, 6.45) is 1.39. The van der Waals surface area contributed by atoms with E-state index in [1.165, 1.54) is 20.4 Å². The van der Waals surface area contributed by atoms with E-state index in [9.17, 15) is 9.59 Å². The standard InChI is InChI=1S/C24H18ClN3O4/c1-14(29)32-22-12-20-18(11-21(22)31-2)24(27-13-26-20)28-16-8-9-17(19(25)10-16)23(30)15-6-4-3-5-7-15/h3-13H,1-2H3,(H,26,27,28). The molecule has 4 aromatic rings. The number of rotatable bonds is 6. The molecule has 4 rings (SSSR count). The summed E-state index contributed by atoms with van der Waals surface area (Å²) in [6, 6.07) is 17.3. The van der Waals surface area contributed by atoms with E-state index in [0.29, 0.717) is 44.3 Å². The van der Waals surface area contributed by atoms with E-state index < -0.39 is 5.97 Å². The fourth-order valence-corrected chi connectivity index (χ4v) is 3.48. The zero-order valence-corrected chi connectivity index (χ0v) is 18.0. The van der Waals surface area contributed by atoms with Gasteiger partial charge in [0.2, 0.25) is 0 Å². The van der Waals surface area contributed by atoms with Gasteiger partial charge in [0.15, 0.2) is 17.3 Å². The van der Waals surface area contributed by atoms with Crippen LogP contribution in [-0.4, -0.2) is 28.8 Å². The molecular weight excluding hydrogens is 430 g/mol. The summed E-state index contributed by atoms with van der Waals surface area (Å²) in [5.41, 5.74) is 2.17. The second-order valence-corrected chi connectivity index (χ2v) is 7.26. The third-order valence-corrected chi connectivity index (χ3v) is 5.00. The predicted octanol–water partition coefficient (Wildman–Crippen LogP) is 5.19. The van der Waals surface area contributed by atoms with Crippen molar-refractivity contribution in [3.8, 4) is 11.5 Å². The maximum atomic E-state index is 12.7. The first-order valence-electron chi connectivity index (χ1n) is 9.63. The van der Waals surface area contributed by atoms with Crippen molar-refractivity contribution in [2.45, 2.75) is 6.92 Å². The van der Waals surface area contributed by atoms with Crippen molar-refractivity contribution in [2.75, 3.05) is 12.4 Å². The third-order valence-electron chi connectivity index (χ3n) is 4.69. The molecule has 0 amide bonds. The van der Waals surface area contributed by atoms with Crippen molar-refractivity contribution in [2.24, 2.45) is 0 Å². The summed E-state index contributed by atoms with van der Waals surface area (Å²) < 4.78 is 10.5. The number of hydrogen-bond acceptors (Lipinski definition) is 7. The summed E-state index contributed by atoms with van der Waals surface area (Å²) >= 11 is 6.41. The number of methoxy groups -OCH3 is 1. The van der Waals surface area contributed by atoms with Gasteiger partial charge in [0, 0.05) is 35.2 Å². The summed E-state index contributed by atoms with van der Waals surface area (Å²) in [5, 5.41) is 4.17. The van der Waals surface area contributed by atoms with Gasteiger partial charge in [-0.2, -0.15) is 0 Å². The molecule has 0 radical (unpaired) electrons. The maximum absolute atomic E-state index is 12.7. The fourth-order valence-electron chi connectivity index (χ4n) is 3.22. The molecule has 0 aliphatic rings. The second-order valence-electron chi connectivity index (χ2n) is 6.85. The van der Waals surface area contributed by atoms with E-state index in [-0.39, 0.29) is 11.5 Å². The van der Waals surface area contributed by atoms with Crippen LogP contribution in [0.2, 0.25) is 5.02 Å². The number of nitrogens with zero attached hydrogens (tertiary/aromatic N) is 2. The highest BCUT2D eigenvalue weighted by Crippen LogP contribution is 2.35. The molecule has 0 aliphatic heterocycles. The number of esters is 1. The van der Waals surface area contributed by atoms with Crippen LogP contribution in [0, 0.1) is 0 Å². The lowest BCUT2D eigenvalue weighted by molar-refractivity contribution is -0.132. The Morgan fingerprint density at radius 2 is 1.75 bits per heavy atom. The molecule has 1 heterocycles. The molecule has 0 aliphatic carbocycles. The van der Waals surface area contributed by atoms with Gasteiger partial charge in [-0.25, -0.2) is 9.97 Å². The zero-order valence-electron chi connectivity index (χ0n) is 17.3. The molecule has 8 heteroatoms. The molecule has 160 valence electrons. The molecule has 1 aromatic heterocycles. The van der Waals surface area contributed by atoms with E-state index >= 15 is 0 Å². The number of hydrogen-bond donors (Lipinski definition) is 1. The van der Waals surface area contributed by atoms with Crippen molar-refractivity contribution in [1.29, 1.82) is 0 Å². The van der Waals surface area contributed by atoms with Gasteiger partial charge in [-0.3, -0.25) is 9.59 Å². The highest BCUT2D eigenvalue weighted by molar-refractivity contribution is 6.35. The number of fused-ring (bicyclic) bond motifs is 1. The number of ketones is 1. The number of nitrogens with one attached hydrogen (secondary N) is 1. The minimum absolute atomic E-state index is 0.155. The number of halogens is 1. The fraction of sp³-hybridized carbons (Fsp3) is 0.0833. The smallest absolute Gasteiger partial charge is 0.308 e. The van der Waals surface area contributed by atoms with Crippen LogP contribution >= 0.6 is 11.6 Å². The maximum Gasteiger partial charge on any atom is 0.308 e. The molecule has 0 saturated heterocycles. The van der Waals surface area contributed by atoms with Crippen LogP contribution in [0.4, 0.5) is 11.5 Å². The van der Waals surface area contributed by atoms with Crippen molar-refractivity contribution >= 4 is 45.8 Å². The Hall–Kier alpha value is -3.97. The molecule has 0 fully saturated rings. The van der Waals surface area contributed by atoms with Crippen molar-refractivity contribution in [3.63, 3.8) is 0 Å². The molecule has 0 saturated carbocycles. The van der Waals surface area contributed by atoms with Gasteiger partial charge in [-0.1, -0.05) is 41.9 Å². The highest BCUT2D eigenvalue weighted by atomic mass is 35.5. The Morgan fingerprint density at radius 1 is 0.969 bits per heavy atom. The van der Waals surface area contributed by atoms with E-state index in [2.05, 4.69) is 15.3 Å². The molecule has 7 nitrogen and oxygen atoms in total. The van der Waals surface area contributed by atoms with E-state index in [1.54, 1.807) is 54.6 Å². The molecule has 3 aromatic carbocycles. The average molecular weight is 448 g/mol. The normalized spacial score (nSPS) is 10.6. The lowest BCUT2D eigenvalue weighted by Gasteiger charge is -2.13. The lowest BCUT2D eigenvalue weighted by Crippen LogP contribution is -2.04. The van der Waals surface area contributed by atoms with Crippen LogP contribution in [0.3, 0.4) is 0 Å². The van der Waals surface area contributed by atoms with Gasteiger partial charge in [-0.15, -0.1) is 0 Å². The van der Waals surface area contributed by atoms with Gasteiger partial charge >= 0.3 is 5.97 Å². The van der Waals surface area contributed by atoms with E-state index in [4.69, 9.17) is 21.1 Å². The van der Waals surface area contributed by atoms with Crippen LogP contribution in [0.1, 0.15) is 22.8 Å². The number of benzene rings is 3. The Bertz CT molecular complexity index is 1330. The van der Waals surface area contributed by atoms with Crippen LogP contribution < -0.4 is 14.8 Å². The first-order valence-corrected chi connectivity index (χ1v) is 10.0. The average Bonchev–Trinajstić information content (AvgIpc) is 2.79. The summed E-state index contributed by atoms with van der Waals surface area (Å²) in [5.74, 6) is 0.518. The summed E-state index contributed by atoms with van der Waals surface area (Å²) in [6.45, 7) is 1.31. The van der Waals surface area contributed by atoms with Gasteiger partial charge < -0.3 is 14.8 Å². The summed E-state index contributed by atoms with van der Waals surface area (Å²) in [7, 11) is 1.48. The summed E-state index contributed by atoms with van der Waals surface area (Å²) in [4.78, 5) is 32.6. The van der Waals surface area contributed by atoms with Crippen LogP contribution in [0.15, 0.2) is 67.0 Å². The van der Waals surface area contributed by atoms with Crippen molar-refractivity contribution in [1.82, 2.24) is 9.97 Å². The number of anilines is 2. The monoisotopic (exact) mass is 447 g/mol. The number of ether oxygens (including phenoxy) is 2. The minimum atomic E-state index is -0.463. The quantitative estimate of drug-likeness (QED) is 0.247. The zero-order chi connectivity index (χ0) is 22.7. The van der Waals surface area contributed by atoms with Crippen molar-refractivity contribution < 1.29 is 19.1 Å². The van der Waals surface area contributed by atoms with Gasteiger partial charge in [0.05, 0.1) is 17.6 Å². The first-order chi connectivity index (χ1) is 15.5. The second kappa shape index (κ2) is 9.03. The Balaban J connectivity index is 1.67. The largest absolute Gasteiger partial charge is 0.493 e. The molecule has 0 spiro atoms. The van der Waals surface area contributed by atoms with Gasteiger partial charge in [0.25, 0.3) is 0 Å². The SMILES string of the molecule is COc1cc2c(Nc3ccc(C(=O)c4ccccc4)c(Cl)c3)ncnc2cc1OC(C)=O. The molecular formula is C24H18ClN3O4. The highest BCUT2D eigenvalue weighted by Gasteiger charge is 2.15. The predicted molar refractivity (Wildman–Crippen MR) is 122 cm³/mol. The number of carbonyl (C=O) groups is 2. The van der Waals surface area contributed by atoms with Gasteiger partial charge in [-0.05, 0) is 24.3 Å². The number of aromatic nitrogens is 2. The molecule has 0 unspecified atom stereocenters. The third kappa shape index (κ3) is 4.38. The molecule has 32 heavy (non-hydrogen) atoms. The van der Waals surface area contributed by atoms with E-state index in [1.807, 2.05) is 6.07 Å². The van der Waals surface area contributed by atoms with Crippen LogP contribution in [-0.2, 0) is 4.79 Å². The Kier molecular flexibility index (Phi) is 6.00. The minimum Gasteiger partial charge on any atom is -0.493 e. The first kappa shape index (κ1) is 21.3. The molecule has 0 bridgehead atoms. The van der Waals surface area contributed by atoms with Crippen LogP contribution in [0.5, 0.6) is 11.5 Å².